The smallest absolute Gasteiger partial charge is 0.0477 e. The predicted molar refractivity (Wildman–Crippen MR) is 68.3 cm³/mol. The Morgan fingerprint density at radius 3 is 2.69 bits per heavy atom. The average molecular weight is 222 g/mol. The summed E-state index contributed by atoms with van der Waals surface area (Å²) in [5.41, 5.74) is 7.98. The van der Waals surface area contributed by atoms with E-state index in [-0.39, 0.29) is 0 Å². The van der Waals surface area contributed by atoms with Gasteiger partial charge in [-0.05, 0) is 32.0 Å². The van der Waals surface area contributed by atoms with Gasteiger partial charge in [0.15, 0.2) is 0 Å². The van der Waals surface area contributed by atoms with Crippen molar-refractivity contribution < 1.29 is 4.74 Å². The second-order valence-corrected chi connectivity index (χ2v) is 4.24. The molecule has 0 saturated carbocycles. The van der Waals surface area contributed by atoms with Gasteiger partial charge in [-0.3, -0.25) is 4.90 Å². The fourth-order valence-corrected chi connectivity index (χ4v) is 1.61. The Kier molecular flexibility index (Phi) is 5.29. The zero-order valence-electron chi connectivity index (χ0n) is 10.4. The van der Waals surface area contributed by atoms with E-state index < -0.39 is 0 Å². The lowest BCUT2D eigenvalue weighted by Crippen LogP contribution is -2.29. The number of ether oxygens (including phenoxy) is 1. The van der Waals surface area contributed by atoms with Crippen molar-refractivity contribution in [1.82, 2.24) is 4.90 Å². The Labute approximate surface area is 98.2 Å². The minimum atomic E-state index is 0.500. The molecule has 90 valence electrons. The molecule has 0 saturated heterocycles. The van der Waals surface area contributed by atoms with Gasteiger partial charge in [-0.25, -0.2) is 0 Å². The Bertz CT molecular complexity index is 315. The van der Waals surface area contributed by atoms with Crippen LogP contribution in [0.2, 0.25) is 0 Å². The van der Waals surface area contributed by atoms with Gasteiger partial charge in [0.2, 0.25) is 0 Å². The van der Waals surface area contributed by atoms with Gasteiger partial charge in [0.05, 0.1) is 0 Å². The molecule has 0 bridgehead atoms. The molecule has 3 heteroatoms. The lowest BCUT2D eigenvalue weighted by atomic mass is 10.1. The number of para-hydroxylation sites is 1. The third-order valence-electron chi connectivity index (χ3n) is 2.97. The van der Waals surface area contributed by atoms with E-state index in [1.165, 1.54) is 5.56 Å². The number of benzene rings is 1. The van der Waals surface area contributed by atoms with Gasteiger partial charge >= 0.3 is 0 Å². The molecule has 0 aliphatic rings. The maximum atomic E-state index is 5.92. The number of nitrogen functional groups attached to an aromatic ring is 1. The van der Waals surface area contributed by atoms with Gasteiger partial charge in [0.25, 0.3) is 0 Å². The average Bonchev–Trinajstić information content (AvgIpc) is 2.28. The summed E-state index contributed by atoms with van der Waals surface area (Å²) in [6, 6.07) is 8.52. The second-order valence-electron chi connectivity index (χ2n) is 4.24. The van der Waals surface area contributed by atoms with E-state index in [4.69, 9.17) is 10.5 Å². The van der Waals surface area contributed by atoms with Crippen molar-refractivity contribution in [1.29, 1.82) is 0 Å². The van der Waals surface area contributed by atoms with Crippen molar-refractivity contribution in [2.45, 2.75) is 25.9 Å². The van der Waals surface area contributed by atoms with Crippen LogP contribution in [0.3, 0.4) is 0 Å². The maximum Gasteiger partial charge on any atom is 0.0477 e. The van der Waals surface area contributed by atoms with Gasteiger partial charge in [-0.2, -0.15) is 0 Å². The highest BCUT2D eigenvalue weighted by atomic mass is 16.5. The van der Waals surface area contributed by atoms with E-state index in [1.807, 2.05) is 18.2 Å². The molecular weight excluding hydrogens is 200 g/mol. The van der Waals surface area contributed by atoms with Crippen LogP contribution >= 0.6 is 0 Å². The molecule has 0 aromatic heterocycles. The Hall–Kier alpha value is -1.06. The summed E-state index contributed by atoms with van der Waals surface area (Å²) >= 11 is 0. The number of methoxy groups -OCH3 is 1. The first kappa shape index (κ1) is 13.0. The molecule has 1 aromatic carbocycles. The molecule has 0 aliphatic carbocycles. The highest BCUT2D eigenvalue weighted by Crippen LogP contribution is 2.14. The lowest BCUT2D eigenvalue weighted by molar-refractivity contribution is 0.150. The van der Waals surface area contributed by atoms with Gasteiger partial charge in [-0.15, -0.1) is 0 Å². The molecular formula is C13H22N2O. The molecule has 1 aromatic rings. The number of hydrogen-bond acceptors (Lipinski definition) is 3. The monoisotopic (exact) mass is 222 g/mol. The van der Waals surface area contributed by atoms with Crippen molar-refractivity contribution >= 4 is 5.69 Å². The molecule has 0 amide bonds. The fraction of sp³-hybridized carbons (Fsp3) is 0.538. The zero-order valence-corrected chi connectivity index (χ0v) is 10.4. The molecule has 1 unspecified atom stereocenters. The van der Waals surface area contributed by atoms with E-state index in [0.29, 0.717) is 6.04 Å². The number of rotatable bonds is 6. The molecule has 0 radical (unpaired) electrons. The van der Waals surface area contributed by atoms with Crippen LogP contribution in [0.25, 0.3) is 0 Å². The lowest BCUT2D eigenvalue weighted by Gasteiger charge is -2.25. The molecule has 3 nitrogen and oxygen atoms in total. The van der Waals surface area contributed by atoms with Crippen molar-refractivity contribution in [3.63, 3.8) is 0 Å². The molecule has 0 fully saturated rings. The van der Waals surface area contributed by atoms with Crippen LogP contribution in [0, 0.1) is 0 Å². The van der Waals surface area contributed by atoms with Crippen molar-refractivity contribution in [2.75, 3.05) is 26.5 Å². The molecule has 16 heavy (non-hydrogen) atoms. The van der Waals surface area contributed by atoms with Gasteiger partial charge in [-0.1, -0.05) is 18.2 Å². The highest BCUT2D eigenvalue weighted by Gasteiger charge is 2.10. The molecule has 1 atom stereocenters. The summed E-state index contributed by atoms with van der Waals surface area (Å²) in [4.78, 5) is 2.30. The van der Waals surface area contributed by atoms with E-state index in [2.05, 4.69) is 24.9 Å². The van der Waals surface area contributed by atoms with Crippen molar-refractivity contribution in [2.24, 2.45) is 0 Å². The number of anilines is 1. The van der Waals surface area contributed by atoms with Crippen LogP contribution < -0.4 is 5.73 Å². The van der Waals surface area contributed by atoms with Crippen LogP contribution in [0.5, 0.6) is 0 Å². The summed E-state index contributed by atoms with van der Waals surface area (Å²) in [5, 5.41) is 0. The summed E-state index contributed by atoms with van der Waals surface area (Å²) in [5.74, 6) is 0. The van der Waals surface area contributed by atoms with Gasteiger partial charge in [0.1, 0.15) is 0 Å². The fourth-order valence-electron chi connectivity index (χ4n) is 1.61. The quantitative estimate of drug-likeness (QED) is 0.749. The first-order chi connectivity index (χ1) is 7.65. The van der Waals surface area contributed by atoms with Crippen LogP contribution in [-0.2, 0) is 11.3 Å². The van der Waals surface area contributed by atoms with Crippen LogP contribution in [0.4, 0.5) is 5.69 Å². The molecule has 2 N–H and O–H groups in total. The highest BCUT2D eigenvalue weighted by molar-refractivity contribution is 5.46. The van der Waals surface area contributed by atoms with Crippen molar-refractivity contribution in [3.8, 4) is 0 Å². The predicted octanol–water partition coefficient (Wildman–Crippen LogP) is 2.13. The van der Waals surface area contributed by atoms with Crippen LogP contribution in [-0.4, -0.2) is 31.7 Å². The number of hydrogen-bond donors (Lipinski definition) is 1. The largest absolute Gasteiger partial charge is 0.398 e. The number of nitrogens with zero attached hydrogens (tertiary/aromatic N) is 1. The number of nitrogens with two attached hydrogens (primary N) is 1. The summed E-state index contributed by atoms with van der Waals surface area (Å²) in [6.07, 6.45) is 1.04. The molecule has 0 heterocycles. The first-order valence-corrected chi connectivity index (χ1v) is 5.67. The maximum absolute atomic E-state index is 5.92. The van der Waals surface area contributed by atoms with E-state index in [0.717, 1.165) is 25.3 Å². The Balaban J connectivity index is 2.50. The van der Waals surface area contributed by atoms with Crippen LogP contribution in [0.1, 0.15) is 18.9 Å². The standard InChI is InChI=1S/C13H22N2O/c1-11(8-9-16-3)15(2)10-12-6-4-5-7-13(12)14/h4-7,11H,8-10,14H2,1-3H3. The minimum Gasteiger partial charge on any atom is -0.398 e. The third kappa shape index (κ3) is 3.83. The van der Waals surface area contributed by atoms with Crippen molar-refractivity contribution in [3.05, 3.63) is 29.8 Å². The Morgan fingerprint density at radius 2 is 2.06 bits per heavy atom. The third-order valence-corrected chi connectivity index (χ3v) is 2.97. The zero-order chi connectivity index (χ0) is 12.0. The topological polar surface area (TPSA) is 38.5 Å². The van der Waals surface area contributed by atoms with E-state index in [9.17, 15) is 0 Å². The van der Waals surface area contributed by atoms with E-state index >= 15 is 0 Å². The molecule has 1 rings (SSSR count). The van der Waals surface area contributed by atoms with Crippen LogP contribution in [0.15, 0.2) is 24.3 Å². The SMILES string of the molecule is COCCC(C)N(C)Cc1ccccc1N. The second kappa shape index (κ2) is 6.51. The van der Waals surface area contributed by atoms with Gasteiger partial charge in [0, 0.05) is 32.0 Å². The normalized spacial score (nSPS) is 13.0. The molecule has 0 spiro atoms. The molecule has 0 aliphatic heterocycles. The van der Waals surface area contributed by atoms with Gasteiger partial charge < -0.3 is 10.5 Å². The first-order valence-electron chi connectivity index (χ1n) is 5.67. The summed E-state index contributed by atoms with van der Waals surface area (Å²) < 4.78 is 5.09. The summed E-state index contributed by atoms with van der Waals surface area (Å²) in [7, 11) is 3.86. The summed E-state index contributed by atoms with van der Waals surface area (Å²) in [6.45, 7) is 3.89. The minimum absolute atomic E-state index is 0.500. The van der Waals surface area contributed by atoms with E-state index in [1.54, 1.807) is 7.11 Å². The Morgan fingerprint density at radius 1 is 1.38 bits per heavy atom.